The maximum absolute atomic E-state index is 12.7. The summed E-state index contributed by atoms with van der Waals surface area (Å²) in [5, 5.41) is 0.694. The van der Waals surface area contributed by atoms with Gasteiger partial charge >= 0.3 is 0 Å². The second-order valence-electron chi connectivity index (χ2n) is 5.34. The molecular weight excluding hydrogens is 272 g/mol. The smallest absolute Gasteiger partial charge is 0.262 e. The summed E-state index contributed by atoms with van der Waals surface area (Å²) in [6.07, 6.45) is 1.96. The Hall–Kier alpha value is -1.46. The van der Waals surface area contributed by atoms with Gasteiger partial charge in [0.25, 0.3) is 5.56 Å². The van der Waals surface area contributed by atoms with Crippen LogP contribution in [0.4, 0.5) is 0 Å². The Morgan fingerprint density at radius 1 is 1.35 bits per heavy atom. The number of fused-ring (bicyclic) bond motifs is 1. The number of benzene rings is 1. The zero-order valence-electron chi connectivity index (χ0n) is 11.5. The highest BCUT2D eigenvalue weighted by molar-refractivity contribution is 7.71. The third-order valence-electron chi connectivity index (χ3n) is 4.19. The molecule has 1 aliphatic rings. The minimum absolute atomic E-state index is 0.00309. The molecule has 0 unspecified atom stereocenters. The van der Waals surface area contributed by atoms with Crippen LogP contribution < -0.4 is 5.56 Å². The first-order valence-electron chi connectivity index (χ1n) is 7.00. The molecule has 0 spiro atoms. The summed E-state index contributed by atoms with van der Waals surface area (Å²) in [6, 6.07) is 7.61. The first kappa shape index (κ1) is 13.5. The lowest BCUT2D eigenvalue weighted by molar-refractivity contribution is 0.0506. The molecule has 20 heavy (non-hydrogen) atoms. The van der Waals surface area contributed by atoms with Crippen molar-refractivity contribution < 1.29 is 4.74 Å². The van der Waals surface area contributed by atoms with Gasteiger partial charge in [-0.1, -0.05) is 12.1 Å². The zero-order chi connectivity index (χ0) is 14.1. The van der Waals surface area contributed by atoms with E-state index in [1.807, 2.05) is 24.3 Å². The lowest BCUT2D eigenvalue weighted by Gasteiger charge is -2.29. The molecule has 4 nitrogen and oxygen atoms in total. The summed E-state index contributed by atoms with van der Waals surface area (Å²) in [5.74, 6) is 0.442. The van der Waals surface area contributed by atoms with Gasteiger partial charge in [0, 0.05) is 19.3 Å². The van der Waals surface area contributed by atoms with Crippen LogP contribution in [0, 0.1) is 10.7 Å². The van der Waals surface area contributed by atoms with Crippen molar-refractivity contribution in [3.63, 3.8) is 0 Å². The van der Waals surface area contributed by atoms with Crippen molar-refractivity contribution in [3.8, 4) is 0 Å². The molecule has 0 saturated carbocycles. The maximum atomic E-state index is 12.7. The number of nitrogens with one attached hydrogen (secondary N) is 1. The first-order valence-corrected chi connectivity index (χ1v) is 7.40. The monoisotopic (exact) mass is 290 g/mol. The highest BCUT2D eigenvalue weighted by atomic mass is 32.1. The van der Waals surface area contributed by atoms with Gasteiger partial charge in [-0.2, -0.15) is 0 Å². The molecule has 1 aliphatic heterocycles. The second kappa shape index (κ2) is 5.50. The molecule has 2 aromatic rings. The Balaban J connectivity index is 2.11. The van der Waals surface area contributed by atoms with Gasteiger partial charge in [0.05, 0.1) is 10.9 Å². The van der Waals surface area contributed by atoms with E-state index in [0.29, 0.717) is 16.1 Å². The lowest BCUT2D eigenvalue weighted by Crippen LogP contribution is -2.32. The molecule has 106 valence electrons. The summed E-state index contributed by atoms with van der Waals surface area (Å²) < 4.78 is 7.63. The topological polar surface area (TPSA) is 47.0 Å². The van der Waals surface area contributed by atoms with Gasteiger partial charge in [-0.25, -0.2) is 0 Å². The summed E-state index contributed by atoms with van der Waals surface area (Å²) in [5.41, 5.74) is 0.807. The van der Waals surface area contributed by atoms with Crippen molar-refractivity contribution in [2.75, 3.05) is 13.2 Å². The lowest BCUT2D eigenvalue weighted by atomic mass is 9.93. The third-order valence-corrected chi connectivity index (χ3v) is 4.49. The zero-order valence-corrected chi connectivity index (χ0v) is 12.3. The number of ether oxygens (including phenoxy) is 1. The van der Waals surface area contributed by atoms with Crippen molar-refractivity contribution in [3.05, 3.63) is 39.4 Å². The summed E-state index contributed by atoms with van der Waals surface area (Å²) in [6.45, 7) is 3.62. The fraction of sp³-hybridized carbons (Fsp3) is 0.467. The highest BCUT2D eigenvalue weighted by Crippen LogP contribution is 2.26. The van der Waals surface area contributed by atoms with Crippen molar-refractivity contribution in [2.45, 2.75) is 25.8 Å². The van der Waals surface area contributed by atoms with Crippen LogP contribution in [0.3, 0.4) is 0 Å². The second-order valence-corrected chi connectivity index (χ2v) is 5.73. The van der Waals surface area contributed by atoms with Gasteiger partial charge in [0.1, 0.15) is 0 Å². The number of nitrogens with zero attached hydrogens (tertiary/aromatic N) is 1. The highest BCUT2D eigenvalue weighted by Gasteiger charge is 2.23. The van der Waals surface area contributed by atoms with E-state index in [4.69, 9.17) is 17.0 Å². The van der Waals surface area contributed by atoms with Crippen LogP contribution in [0.2, 0.25) is 0 Å². The molecule has 0 amide bonds. The van der Waals surface area contributed by atoms with Crippen molar-refractivity contribution in [1.82, 2.24) is 9.55 Å². The number of H-pyrrole nitrogens is 1. The molecule has 1 aromatic carbocycles. The quantitative estimate of drug-likeness (QED) is 0.865. The van der Waals surface area contributed by atoms with Crippen LogP contribution in [0.25, 0.3) is 10.9 Å². The van der Waals surface area contributed by atoms with Crippen molar-refractivity contribution >= 4 is 23.1 Å². The molecule has 5 heteroatoms. The molecule has 1 atom stereocenters. The Morgan fingerprint density at radius 3 is 2.80 bits per heavy atom. The normalized spacial score (nSPS) is 18.2. The molecule has 1 fully saturated rings. The predicted octanol–water partition coefficient (Wildman–Crippen LogP) is 3.05. The van der Waals surface area contributed by atoms with Gasteiger partial charge in [-0.15, -0.1) is 0 Å². The Morgan fingerprint density at radius 2 is 2.05 bits per heavy atom. The Kier molecular flexibility index (Phi) is 3.72. The maximum Gasteiger partial charge on any atom is 0.262 e. The predicted molar refractivity (Wildman–Crippen MR) is 81.6 cm³/mol. The van der Waals surface area contributed by atoms with Crippen molar-refractivity contribution in [2.24, 2.45) is 5.92 Å². The van der Waals surface area contributed by atoms with E-state index in [2.05, 4.69) is 11.9 Å². The number of aromatic amines is 1. The SMILES string of the molecule is C[C@@H](C1CCOCC1)n1c(=S)[nH]c2ccccc2c1=O. The molecule has 1 aromatic heterocycles. The van der Waals surface area contributed by atoms with E-state index in [-0.39, 0.29) is 11.6 Å². The molecule has 0 radical (unpaired) electrons. The van der Waals surface area contributed by atoms with Crippen LogP contribution in [-0.2, 0) is 4.74 Å². The number of hydrogen-bond donors (Lipinski definition) is 1. The van der Waals surface area contributed by atoms with Crippen LogP contribution in [-0.4, -0.2) is 22.8 Å². The van der Waals surface area contributed by atoms with E-state index in [0.717, 1.165) is 31.6 Å². The number of para-hydroxylation sites is 1. The van der Waals surface area contributed by atoms with Gasteiger partial charge in [0.15, 0.2) is 4.77 Å². The summed E-state index contributed by atoms with van der Waals surface area (Å²) >= 11 is 5.39. The van der Waals surface area contributed by atoms with Crippen LogP contribution in [0.5, 0.6) is 0 Å². The Bertz CT molecular complexity index is 728. The molecule has 1 N–H and O–H groups in total. The van der Waals surface area contributed by atoms with Crippen molar-refractivity contribution in [1.29, 1.82) is 0 Å². The van der Waals surface area contributed by atoms with Crippen LogP contribution in [0.15, 0.2) is 29.1 Å². The molecule has 0 aliphatic carbocycles. The molecular formula is C15H18N2O2S. The van der Waals surface area contributed by atoms with E-state index >= 15 is 0 Å². The van der Waals surface area contributed by atoms with E-state index in [1.165, 1.54) is 0 Å². The van der Waals surface area contributed by atoms with E-state index < -0.39 is 0 Å². The fourth-order valence-corrected chi connectivity index (χ4v) is 3.31. The molecule has 3 rings (SSSR count). The van der Waals surface area contributed by atoms with Gasteiger partial charge in [0.2, 0.25) is 0 Å². The minimum Gasteiger partial charge on any atom is -0.381 e. The number of aromatic nitrogens is 2. The van der Waals surface area contributed by atoms with Crippen LogP contribution >= 0.6 is 12.2 Å². The average Bonchev–Trinajstić information content (AvgIpc) is 2.48. The first-order chi connectivity index (χ1) is 9.68. The summed E-state index contributed by atoms with van der Waals surface area (Å²) in [4.78, 5) is 15.8. The molecule has 0 bridgehead atoms. The van der Waals surface area contributed by atoms with Gasteiger partial charge < -0.3 is 9.72 Å². The third kappa shape index (κ3) is 2.31. The van der Waals surface area contributed by atoms with Crippen LogP contribution in [0.1, 0.15) is 25.8 Å². The molecule has 2 heterocycles. The van der Waals surface area contributed by atoms with E-state index in [9.17, 15) is 4.79 Å². The van der Waals surface area contributed by atoms with Gasteiger partial charge in [-0.05, 0) is 50.0 Å². The molecule has 1 saturated heterocycles. The minimum atomic E-state index is 0.00309. The largest absolute Gasteiger partial charge is 0.381 e. The standard InChI is InChI=1S/C15H18N2O2S/c1-10(11-6-8-19-9-7-11)17-14(18)12-4-2-3-5-13(12)16-15(17)20/h2-5,10-11H,6-9H2,1H3,(H,16,20)/t10-/m0/s1. The summed E-state index contributed by atoms with van der Waals surface area (Å²) in [7, 11) is 0. The number of rotatable bonds is 2. The average molecular weight is 290 g/mol. The van der Waals surface area contributed by atoms with E-state index in [1.54, 1.807) is 4.57 Å². The number of hydrogen-bond acceptors (Lipinski definition) is 3. The Labute approximate surface area is 122 Å². The fourth-order valence-electron chi connectivity index (χ4n) is 2.95. The van der Waals surface area contributed by atoms with Gasteiger partial charge in [-0.3, -0.25) is 9.36 Å².